The molecule has 0 radical (unpaired) electrons. The molecule has 3 rings (SSSR count). The second kappa shape index (κ2) is 78.6. The SMILES string of the molecule is C.C.C.C.CC(=O)N[C@H]1[C@H](OCCCCCNC(=O)COCCNC(=O)CCC(C)(CCC(=O)NCCOCC(=O)NCCCCCO[C@@H]2O[C@H](CO)[C@H](O)[C@H](O)[C@H]2NC(C)=O)CCC(=O)NCCOCC(=O)NCCCCCO[C@@H]2O[C@H](CO)[C@H](O)[C@H](O)[C@H]2NC(C)=O)O[C@H](CO)[C@H](O)[C@@H]1O.[C-]#[N+]C(C)(CCC(=O)CCCOCCOCC(=O)CCCOCCOCC(=O)CC)C(C)C. The van der Waals surface area contributed by atoms with Crippen molar-refractivity contribution in [3.05, 3.63) is 11.4 Å². The Morgan fingerprint density at radius 3 is 0.933 bits per heavy atom. The van der Waals surface area contributed by atoms with E-state index in [2.05, 4.69) is 52.7 Å². The van der Waals surface area contributed by atoms with Crippen molar-refractivity contribution in [2.75, 3.05) is 171 Å². The molecular weight excluding hydrogens is 1780 g/mol. The van der Waals surface area contributed by atoms with E-state index in [9.17, 15) is 103 Å². The molecule has 44 nitrogen and oxygen atoms in total. The molecule has 0 spiro atoms. The average Bonchev–Trinajstić information content (AvgIpc) is 0.815. The summed E-state index contributed by atoms with van der Waals surface area (Å²) in [5.41, 5.74) is -1.15. The molecule has 0 aliphatic carbocycles. The summed E-state index contributed by atoms with van der Waals surface area (Å²) in [6.07, 6.45) is -5.24. The Labute approximate surface area is 798 Å². The van der Waals surface area contributed by atoms with Crippen LogP contribution >= 0.6 is 0 Å². The quantitative estimate of drug-likeness (QED) is 0.0278. The Kier molecular flexibility index (Phi) is 76.9. The summed E-state index contributed by atoms with van der Waals surface area (Å²) in [5.74, 6) is -3.00. The van der Waals surface area contributed by atoms with E-state index in [-0.39, 0.29) is 200 Å². The van der Waals surface area contributed by atoms with Crippen LogP contribution in [0, 0.1) is 17.9 Å². The summed E-state index contributed by atoms with van der Waals surface area (Å²) < 4.78 is 71.4. The number of aliphatic hydroxyl groups excluding tert-OH is 9. The lowest BCUT2D eigenvalue weighted by Gasteiger charge is -2.42. The lowest BCUT2D eigenvalue weighted by molar-refractivity contribution is -0.270. The zero-order chi connectivity index (χ0) is 97.4. The third-order valence-electron chi connectivity index (χ3n) is 21.9. The minimum absolute atomic E-state index is 0. The fourth-order valence-electron chi connectivity index (χ4n) is 13.4. The van der Waals surface area contributed by atoms with Crippen molar-refractivity contribution in [1.82, 2.24) is 47.9 Å². The summed E-state index contributed by atoms with van der Waals surface area (Å²) >= 11 is 0. The highest BCUT2D eigenvalue weighted by molar-refractivity contribution is 5.81. The largest absolute Gasteiger partial charge is 0.394 e. The highest BCUT2D eigenvalue weighted by atomic mass is 16.7. The van der Waals surface area contributed by atoms with Crippen molar-refractivity contribution in [3.63, 3.8) is 0 Å². The fourth-order valence-corrected chi connectivity index (χ4v) is 13.4. The van der Waals surface area contributed by atoms with Crippen molar-refractivity contribution in [1.29, 1.82) is 0 Å². The van der Waals surface area contributed by atoms with E-state index in [1.165, 1.54) is 20.8 Å². The molecule has 18 N–H and O–H groups in total. The van der Waals surface area contributed by atoms with Gasteiger partial charge in [-0.2, -0.15) is 0 Å². The molecule has 3 heterocycles. The van der Waals surface area contributed by atoms with Gasteiger partial charge in [-0.3, -0.25) is 57.5 Å². The number of nitrogens with zero attached hydrogens (tertiary/aromatic N) is 1. The number of carbonyl (C=O) groups excluding carboxylic acids is 12. The van der Waals surface area contributed by atoms with Gasteiger partial charge in [-0.1, -0.05) is 57.4 Å². The third-order valence-corrected chi connectivity index (χ3v) is 21.9. The van der Waals surface area contributed by atoms with Crippen LogP contribution in [0.2, 0.25) is 0 Å². The maximum absolute atomic E-state index is 13.0. The van der Waals surface area contributed by atoms with Gasteiger partial charge in [0.1, 0.15) is 112 Å². The maximum Gasteiger partial charge on any atom is 0.245 e. The Balaban J connectivity index is -0.00000398. The van der Waals surface area contributed by atoms with Gasteiger partial charge in [-0.05, 0) is 95.3 Å². The van der Waals surface area contributed by atoms with Gasteiger partial charge in [0.15, 0.2) is 30.4 Å². The molecule has 9 amide bonds. The van der Waals surface area contributed by atoms with E-state index in [0.29, 0.717) is 181 Å². The van der Waals surface area contributed by atoms with Crippen LogP contribution < -0.4 is 47.9 Å². The highest BCUT2D eigenvalue weighted by Gasteiger charge is 2.48. The van der Waals surface area contributed by atoms with E-state index in [0.717, 1.165) is 0 Å². The van der Waals surface area contributed by atoms with E-state index in [1.807, 2.05) is 27.7 Å². The Morgan fingerprint density at radius 2 is 0.637 bits per heavy atom. The van der Waals surface area contributed by atoms with Crippen molar-refractivity contribution in [2.45, 2.75) is 324 Å². The van der Waals surface area contributed by atoms with Crippen LogP contribution in [0.25, 0.3) is 4.85 Å². The molecule has 135 heavy (non-hydrogen) atoms. The number of Topliss-reactive ketones (excluding diaryl/α,β-unsaturated/α-hetero) is 3. The first-order chi connectivity index (χ1) is 62.6. The Morgan fingerprint density at radius 1 is 0.341 bits per heavy atom. The first-order valence-electron chi connectivity index (χ1n) is 45.7. The van der Waals surface area contributed by atoms with Gasteiger partial charge in [0.25, 0.3) is 0 Å². The van der Waals surface area contributed by atoms with Crippen LogP contribution in [0.5, 0.6) is 0 Å². The van der Waals surface area contributed by atoms with E-state index >= 15 is 0 Å². The van der Waals surface area contributed by atoms with E-state index in [4.69, 9.17) is 68.2 Å². The van der Waals surface area contributed by atoms with Gasteiger partial charge >= 0.3 is 0 Å². The predicted octanol–water partition coefficient (Wildman–Crippen LogP) is -0.139. The number of unbranched alkanes of at least 4 members (excludes halogenated alkanes) is 6. The molecule has 788 valence electrons. The Hall–Kier alpha value is -7.15. The monoisotopic (exact) mass is 1950 g/mol. The fraction of sp³-hybridized carbons (Fsp3) is 0.857. The molecule has 0 aromatic rings. The van der Waals surface area contributed by atoms with Crippen LogP contribution in [-0.2, 0) is 119 Å². The summed E-state index contributed by atoms with van der Waals surface area (Å²) in [4.78, 5) is 150. The van der Waals surface area contributed by atoms with Crippen LogP contribution in [0.3, 0.4) is 0 Å². The number of ketones is 3. The van der Waals surface area contributed by atoms with Crippen LogP contribution in [0.15, 0.2) is 0 Å². The molecule has 3 saturated heterocycles. The lowest BCUT2D eigenvalue weighted by Crippen LogP contribution is -2.64. The van der Waals surface area contributed by atoms with Crippen molar-refractivity contribution in [2.24, 2.45) is 11.3 Å². The maximum atomic E-state index is 13.0. The average molecular weight is 1950 g/mol. The number of amides is 9. The number of hydrogen-bond acceptors (Lipinski definition) is 34. The number of nitrogens with one attached hydrogen (secondary N) is 9. The number of rotatable bonds is 74. The highest BCUT2D eigenvalue weighted by Crippen LogP contribution is 2.35. The van der Waals surface area contributed by atoms with Crippen molar-refractivity contribution >= 4 is 70.5 Å². The molecule has 44 heteroatoms. The topological polar surface area (TPSA) is 620 Å². The summed E-state index contributed by atoms with van der Waals surface area (Å²) in [7, 11) is 0. The molecule has 1 unspecified atom stereocenters. The van der Waals surface area contributed by atoms with Gasteiger partial charge in [0, 0.05) is 157 Å². The van der Waals surface area contributed by atoms with Crippen molar-refractivity contribution < 1.29 is 165 Å². The molecular formula is C91H170N10O34. The molecule has 3 aliphatic heterocycles. The van der Waals surface area contributed by atoms with Gasteiger partial charge < -0.3 is 160 Å². The first kappa shape index (κ1) is 132. The van der Waals surface area contributed by atoms with Crippen LogP contribution in [0.4, 0.5) is 0 Å². The third kappa shape index (κ3) is 59.8. The molecule has 0 saturated carbocycles. The number of hydrogen-bond donors (Lipinski definition) is 18. The van der Waals surface area contributed by atoms with Crippen LogP contribution in [0.1, 0.15) is 226 Å². The van der Waals surface area contributed by atoms with Crippen molar-refractivity contribution in [3.8, 4) is 0 Å². The van der Waals surface area contributed by atoms with Gasteiger partial charge in [-0.15, -0.1) is 0 Å². The van der Waals surface area contributed by atoms with Crippen LogP contribution in [-0.4, -0.2) is 385 Å². The first-order valence-corrected chi connectivity index (χ1v) is 45.7. The number of ether oxygens (including phenoxy) is 13. The minimum atomic E-state index is -1.43. The molecule has 0 aromatic heterocycles. The van der Waals surface area contributed by atoms with Gasteiger partial charge in [0.2, 0.25) is 58.7 Å². The van der Waals surface area contributed by atoms with E-state index < -0.39 is 140 Å². The number of carbonyl (C=O) groups is 12. The zero-order valence-electron chi connectivity index (χ0n) is 77.9. The van der Waals surface area contributed by atoms with E-state index in [1.54, 1.807) is 6.92 Å². The number of aliphatic hydroxyl groups is 9. The second-order valence-electron chi connectivity index (χ2n) is 33.3. The molecule has 0 aromatic carbocycles. The predicted molar refractivity (Wildman–Crippen MR) is 495 cm³/mol. The van der Waals surface area contributed by atoms with Gasteiger partial charge in [0.05, 0.1) is 66.1 Å². The normalized spacial score (nSPS) is 21.7. The molecule has 16 atom stereocenters. The summed E-state index contributed by atoms with van der Waals surface area (Å²) in [6.45, 7) is 22.7. The standard InChI is InChI=1S/C62H111N9O27.C25H43NO7.4CH4/c1-38(75)69-50-56(87)53(84)41(32-72)96-59(50)93-26-11-5-8-20-63-47(81)35-90-29-23-66-44(78)14-17-62(4,18-15-45(79)67-24-30-91-36-48(82)64-21-9-6-12-27-94-60-51(70-39(2)76)57(88)54(85)42(33-73)97-60)19-16-46(80)68-25-31-92-37-49(83)65-22-10-7-13-28-95-61-52(71-40(3)77)58(89)55(86)43(34-74)98-61;1-6-22(27)19-32-17-15-31-14-8-10-24(29)20-33-18-16-30-13-7-9-23(28)11-12-25(4,26-5)21(2)3;;;;/h41-43,50-61,72-74,84-89H,5-37H2,1-4H3,(H,63,81)(H,64,82)(H,65,83)(H,66,78)(H,67,79)(H,68,80)(H,69,75)(H,70,76)(H,71,77);21H,6-20H2,1-4H3;4*1H4/t41-,42-,43-,50-,51-,52-,53+,54+,55+,56-,57-,58-,59-,60-,61-;;;;;/m1...../s1. The second-order valence-corrected chi connectivity index (χ2v) is 33.3. The minimum Gasteiger partial charge on any atom is -0.394 e. The molecule has 0 bridgehead atoms. The smallest absolute Gasteiger partial charge is 0.245 e. The molecule has 3 fully saturated rings. The zero-order valence-corrected chi connectivity index (χ0v) is 77.9. The Bertz CT molecular complexity index is 3050. The molecule has 3 aliphatic rings. The van der Waals surface area contributed by atoms with Gasteiger partial charge in [-0.25, -0.2) is 6.57 Å². The summed E-state index contributed by atoms with van der Waals surface area (Å²) in [5, 5.41) is 114. The summed E-state index contributed by atoms with van der Waals surface area (Å²) in [6, 6.07) is -3.15. The lowest BCUT2D eigenvalue weighted by atomic mass is 9.77.